The van der Waals surface area contributed by atoms with Gasteiger partial charge in [-0.1, -0.05) is 56.0 Å². The molecule has 1 atom stereocenters. The minimum atomic E-state index is -1.02. The largest absolute Gasteiger partial charge is 0.494 e. The van der Waals surface area contributed by atoms with Crippen molar-refractivity contribution in [3.63, 3.8) is 0 Å². The van der Waals surface area contributed by atoms with Gasteiger partial charge in [0, 0.05) is 0 Å². The molecule has 0 spiro atoms. The molecule has 0 radical (unpaired) electrons. The molecule has 222 valence electrons. The van der Waals surface area contributed by atoms with Crippen LogP contribution in [0.4, 0.5) is 0 Å². The quantitative estimate of drug-likeness (QED) is 0.0701. The van der Waals surface area contributed by atoms with E-state index in [1.54, 1.807) is 19.1 Å². The van der Waals surface area contributed by atoms with E-state index in [1.165, 1.54) is 63.3 Å². The van der Waals surface area contributed by atoms with Crippen molar-refractivity contribution in [1.29, 1.82) is 0 Å². The van der Waals surface area contributed by atoms with E-state index in [9.17, 15) is 14.4 Å². The van der Waals surface area contributed by atoms with Crippen LogP contribution in [0.5, 0.6) is 11.5 Å². The molecule has 0 aliphatic rings. The Bertz CT molecular complexity index is 1280. The number of rotatable bonds is 17. The van der Waals surface area contributed by atoms with Gasteiger partial charge >= 0.3 is 17.9 Å². The number of esters is 3. The molecular formula is C35H40O7. The minimum Gasteiger partial charge on any atom is -0.494 e. The highest BCUT2D eigenvalue weighted by molar-refractivity contribution is 5.93. The fraction of sp³-hybridized carbons (Fsp3) is 0.343. The van der Waals surface area contributed by atoms with E-state index in [1.807, 2.05) is 42.5 Å². The summed E-state index contributed by atoms with van der Waals surface area (Å²) in [5, 5.41) is 0. The third-order valence-corrected chi connectivity index (χ3v) is 6.58. The lowest BCUT2D eigenvalue weighted by Gasteiger charge is -2.12. The van der Waals surface area contributed by atoms with Crippen LogP contribution in [0.25, 0.3) is 11.1 Å². The highest BCUT2D eigenvalue weighted by Crippen LogP contribution is 2.24. The van der Waals surface area contributed by atoms with E-state index in [-0.39, 0.29) is 17.9 Å². The van der Waals surface area contributed by atoms with Crippen molar-refractivity contribution >= 4 is 17.9 Å². The summed E-state index contributed by atoms with van der Waals surface area (Å²) in [7, 11) is 0. The third kappa shape index (κ3) is 10.5. The summed E-state index contributed by atoms with van der Waals surface area (Å²) in [5.41, 5.74) is 2.60. The van der Waals surface area contributed by atoms with Crippen molar-refractivity contribution in [3.8, 4) is 22.6 Å². The molecule has 3 rings (SSSR count). The Balaban J connectivity index is 1.44. The van der Waals surface area contributed by atoms with E-state index in [0.717, 1.165) is 29.7 Å². The van der Waals surface area contributed by atoms with Crippen molar-refractivity contribution in [2.75, 3.05) is 13.2 Å². The monoisotopic (exact) mass is 572 g/mol. The van der Waals surface area contributed by atoms with E-state index < -0.39 is 24.0 Å². The highest BCUT2D eigenvalue weighted by Gasteiger charge is 2.20. The van der Waals surface area contributed by atoms with Crippen LogP contribution in [0, 0.1) is 0 Å². The maximum Gasteiger partial charge on any atom is 0.347 e. The van der Waals surface area contributed by atoms with Gasteiger partial charge in [0.2, 0.25) is 0 Å². The molecule has 0 heterocycles. The lowest BCUT2D eigenvalue weighted by molar-refractivity contribution is -0.152. The first kappa shape index (κ1) is 32.1. The van der Waals surface area contributed by atoms with Crippen LogP contribution in [0.3, 0.4) is 0 Å². The summed E-state index contributed by atoms with van der Waals surface area (Å²) in [6.07, 6.45) is 9.31. The summed E-state index contributed by atoms with van der Waals surface area (Å²) in [6, 6.07) is 21.0. The molecule has 0 aromatic heterocycles. The van der Waals surface area contributed by atoms with Crippen LogP contribution >= 0.6 is 0 Å². The van der Waals surface area contributed by atoms with Crippen molar-refractivity contribution in [2.24, 2.45) is 0 Å². The number of unbranched alkanes of at least 4 members (excludes halogenated alkanes) is 6. The molecule has 0 aliphatic heterocycles. The van der Waals surface area contributed by atoms with E-state index in [4.69, 9.17) is 18.9 Å². The number of ether oxygens (including phenoxy) is 4. The second-order valence-corrected chi connectivity index (χ2v) is 9.86. The average Bonchev–Trinajstić information content (AvgIpc) is 3.01. The topological polar surface area (TPSA) is 88.1 Å². The molecule has 3 aromatic rings. The first-order valence-electron chi connectivity index (χ1n) is 14.5. The second-order valence-electron chi connectivity index (χ2n) is 9.86. The zero-order chi connectivity index (χ0) is 30.2. The summed E-state index contributed by atoms with van der Waals surface area (Å²) in [6.45, 7) is 7.79. The normalized spacial score (nSPS) is 11.3. The molecule has 7 heteroatoms. The van der Waals surface area contributed by atoms with Crippen molar-refractivity contribution in [3.05, 3.63) is 96.6 Å². The maximum atomic E-state index is 12.6. The van der Waals surface area contributed by atoms with Gasteiger partial charge in [-0.05, 0) is 92.8 Å². The summed E-state index contributed by atoms with van der Waals surface area (Å²) in [5.74, 6) is -0.690. The van der Waals surface area contributed by atoms with Gasteiger partial charge in [-0.15, -0.1) is 6.58 Å². The minimum absolute atomic E-state index is 0.198. The first-order valence-corrected chi connectivity index (χ1v) is 14.5. The number of carbonyl (C=O) groups is 3. The molecule has 42 heavy (non-hydrogen) atoms. The van der Waals surface area contributed by atoms with E-state index in [0.29, 0.717) is 12.2 Å². The highest BCUT2D eigenvalue weighted by atomic mass is 16.6. The molecule has 0 aliphatic carbocycles. The summed E-state index contributed by atoms with van der Waals surface area (Å²) in [4.78, 5) is 36.6. The van der Waals surface area contributed by atoms with Crippen LogP contribution in [0.1, 0.15) is 79.5 Å². The average molecular weight is 573 g/mol. The lowest BCUT2D eigenvalue weighted by atomic mass is 10.0. The van der Waals surface area contributed by atoms with Gasteiger partial charge in [0.15, 0.2) is 6.10 Å². The van der Waals surface area contributed by atoms with Gasteiger partial charge < -0.3 is 18.9 Å². The Hall–Kier alpha value is -4.39. The number of hydrogen-bond acceptors (Lipinski definition) is 7. The molecule has 0 bridgehead atoms. The Morgan fingerprint density at radius 1 is 0.714 bits per heavy atom. The number of benzene rings is 3. The predicted molar refractivity (Wildman–Crippen MR) is 163 cm³/mol. The predicted octanol–water partition coefficient (Wildman–Crippen LogP) is 7.98. The van der Waals surface area contributed by atoms with Crippen LogP contribution in [-0.2, 0) is 14.3 Å². The van der Waals surface area contributed by atoms with Crippen molar-refractivity contribution in [2.45, 2.75) is 64.9 Å². The Kier molecular flexibility index (Phi) is 13.3. The standard InChI is InChI=1S/C35H40O7/c1-4-6-7-8-9-10-11-12-25-40-31-21-17-28(18-22-31)27-13-15-29(16-14-27)35(38)42-32-23-19-30(20-24-32)34(37)41-26(3)33(36)39-5-2/h4,13-24,26H,1,5-12,25H2,2-3H3/t26-/m0/s1. The lowest BCUT2D eigenvalue weighted by Crippen LogP contribution is -2.26. The van der Waals surface area contributed by atoms with E-state index in [2.05, 4.69) is 6.58 Å². The summed E-state index contributed by atoms with van der Waals surface area (Å²) < 4.78 is 21.3. The maximum absolute atomic E-state index is 12.6. The van der Waals surface area contributed by atoms with Gasteiger partial charge in [-0.3, -0.25) is 0 Å². The zero-order valence-corrected chi connectivity index (χ0v) is 24.5. The van der Waals surface area contributed by atoms with Gasteiger partial charge in [0.05, 0.1) is 24.3 Å². The van der Waals surface area contributed by atoms with Gasteiger partial charge in [-0.25, -0.2) is 14.4 Å². The fourth-order valence-electron chi connectivity index (χ4n) is 4.19. The number of allylic oxidation sites excluding steroid dienone is 1. The Morgan fingerprint density at radius 2 is 1.24 bits per heavy atom. The van der Waals surface area contributed by atoms with Crippen LogP contribution in [0.15, 0.2) is 85.5 Å². The molecule has 7 nitrogen and oxygen atoms in total. The molecule has 0 saturated carbocycles. The first-order chi connectivity index (χ1) is 20.4. The molecular weight excluding hydrogens is 532 g/mol. The van der Waals surface area contributed by atoms with Crippen LogP contribution < -0.4 is 9.47 Å². The third-order valence-electron chi connectivity index (χ3n) is 6.58. The number of hydrogen-bond donors (Lipinski definition) is 0. The summed E-state index contributed by atoms with van der Waals surface area (Å²) >= 11 is 0. The number of carbonyl (C=O) groups excluding carboxylic acids is 3. The Morgan fingerprint density at radius 3 is 1.86 bits per heavy atom. The molecule has 0 unspecified atom stereocenters. The smallest absolute Gasteiger partial charge is 0.347 e. The van der Waals surface area contributed by atoms with Crippen LogP contribution in [-0.4, -0.2) is 37.2 Å². The molecule has 0 saturated heterocycles. The fourth-order valence-corrected chi connectivity index (χ4v) is 4.19. The zero-order valence-electron chi connectivity index (χ0n) is 24.5. The molecule has 0 amide bonds. The van der Waals surface area contributed by atoms with Gasteiger partial charge in [0.1, 0.15) is 11.5 Å². The van der Waals surface area contributed by atoms with Gasteiger partial charge in [0.25, 0.3) is 0 Å². The van der Waals surface area contributed by atoms with Crippen LogP contribution in [0.2, 0.25) is 0 Å². The van der Waals surface area contributed by atoms with Crippen molar-refractivity contribution < 1.29 is 33.3 Å². The SMILES string of the molecule is C=CCCCCCCCCOc1ccc(-c2ccc(C(=O)Oc3ccc(C(=O)O[C@@H](C)C(=O)OCC)cc3)cc2)cc1. The molecule has 0 fully saturated rings. The second kappa shape index (κ2) is 17.4. The molecule has 0 N–H and O–H groups in total. The van der Waals surface area contributed by atoms with Crippen molar-refractivity contribution in [1.82, 2.24) is 0 Å². The molecule has 3 aromatic carbocycles. The van der Waals surface area contributed by atoms with E-state index >= 15 is 0 Å². The Labute approximate surface area is 248 Å². The van der Waals surface area contributed by atoms with Gasteiger partial charge in [-0.2, -0.15) is 0 Å².